The predicted octanol–water partition coefficient (Wildman–Crippen LogP) is 2.09. The second kappa shape index (κ2) is 6.36. The molecule has 14 heavy (non-hydrogen) atoms. The maximum atomic E-state index is 5.92. The van der Waals surface area contributed by atoms with Crippen molar-refractivity contribution in [1.82, 2.24) is 0 Å². The van der Waals surface area contributed by atoms with Crippen molar-refractivity contribution in [3.8, 4) is 0 Å². The molecule has 0 bridgehead atoms. The lowest BCUT2D eigenvalue weighted by atomic mass is 11.9. The summed E-state index contributed by atoms with van der Waals surface area (Å²) in [5.74, 6) is 0. The summed E-state index contributed by atoms with van der Waals surface area (Å²) in [5, 5.41) is 0. The molecule has 7 heteroatoms. The first kappa shape index (κ1) is 14.7. The van der Waals surface area contributed by atoms with Crippen LogP contribution in [-0.4, -0.2) is 35.9 Å². The van der Waals surface area contributed by atoms with Crippen LogP contribution in [0.4, 0.5) is 0 Å². The highest BCUT2D eigenvalue weighted by Crippen LogP contribution is 2.10. The van der Waals surface area contributed by atoms with Crippen LogP contribution < -0.4 is 0 Å². The van der Waals surface area contributed by atoms with Crippen molar-refractivity contribution >= 4 is 35.9 Å². The van der Waals surface area contributed by atoms with Crippen molar-refractivity contribution in [2.75, 3.05) is 0 Å². The molecule has 0 aliphatic carbocycles. The third-order valence-corrected chi connectivity index (χ3v) is 11.2. The van der Waals surface area contributed by atoms with Crippen LogP contribution in [0.2, 0.25) is 45.8 Å². The first-order valence-corrected chi connectivity index (χ1v) is 14.7. The fraction of sp³-hybridized carbons (Fsp3) is 1.00. The van der Waals surface area contributed by atoms with Crippen LogP contribution in [0.1, 0.15) is 0 Å². The van der Waals surface area contributed by atoms with Gasteiger partial charge in [-0.05, 0) is 45.8 Å². The minimum Gasteiger partial charge on any atom is -0.439 e. The number of hydrogen-bond donors (Lipinski definition) is 0. The van der Waals surface area contributed by atoms with Gasteiger partial charge in [0.05, 0.1) is 0 Å². The van der Waals surface area contributed by atoms with Gasteiger partial charge in [0.15, 0.2) is 18.1 Å². The van der Waals surface area contributed by atoms with Crippen LogP contribution in [-0.2, 0) is 12.3 Å². The molecule has 0 unspecified atom stereocenters. The molecule has 0 aliphatic heterocycles. The quantitative estimate of drug-likeness (QED) is 0.689. The van der Waals surface area contributed by atoms with Crippen LogP contribution in [0.25, 0.3) is 0 Å². The van der Waals surface area contributed by atoms with Crippen LogP contribution in [0.5, 0.6) is 0 Å². The Labute approximate surface area is 94.3 Å². The molecule has 0 aliphatic rings. The van der Waals surface area contributed by atoms with E-state index in [1.807, 2.05) is 0 Å². The molecule has 0 amide bonds. The van der Waals surface area contributed by atoms with E-state index >= 15 is 0 Å². The van der Waals surface area contributed by atoms with Crippen molar-refractivity contribution in [1.29, 1.82) is 0 Å². The second-order valence-electron chi connectivity index (χ2n) is 4.17. The van der Waals surface area contributed by atoms with E-state index in [1.54, 1.807) is 0 Å². The Morgan fingerprint density at radius 2 is 1.50 bits per heavy atom. The molecule has 0 saturated heterocycles. The third-order valence-electron chi connectivity index (χ3n) is 1.24. The van der Waals surface area contributed by atoms with Gasteiger partial charge in [0.1, 0.15) is 0 Å². The number of rotatable bonds is 6. The average molecular weight is 267 g/mol. The molecule has 0 spiro atoms. The van der Waals surface area contributed by atoms with Gasteiger partial charge in [-0.3, -0.25) is 0 Å². The molecule has 0 atom stereocenters. The SMILES string of the molecule is C[Si](C)O[Si](C)(C)O[Si](C)O[SiH](C)C. The molecule has 3 nitrogen and oxygen atoms in total. The maximum absolute atomic E-state index is 5.92. The van der Waals surface area contributed by atoms with E-state index in [-0.39, 0.29) is 0 Å². The van der Waals surface area contributed by atoms with E-state index in [0.29, 0.717) is 0 Å². The van der Waals surface area contributed by atoms with Crippen molar-refractivity contribution in [3.05, 3.63) is 0 Å². The zero-order valence-electron chi connectivity index (χ0n) is 10.3. The van der Waals surface area contributed by atoms with Gasteiger partial charge < -0.3 is 12.3 Å². The Morgan fingerprint density at radius 3 is 1.86 bits per heavy atom. The highest BCUT2D eigenvalue weighted by Gasteiger charge is 2.30. The molecule has 84 valence electrons. The summed E-state index contributed by atoms with van der Waals surface area (Å²) in [6.07, 6.45) is 0. The summed E-state index contributed by atoms with van der Waals surface area (Å²) in [4.78, 5) is 0. The van der Waals surface area contributed by atoms with Gasteiger partial charge in [0.25, 0.3) is 0 Å². The van der Waals surface area contributed by atoms with Gasteiger partial charge in [-0.1, -0.05) is 0 Å². The molecule has 0 heterocycles. The first-order chi connectivity index (χ1) is 6.23. The molecular weight excluding hydrogens is 244 g/mol. The number of hydrogen-bond acceptors (Lipinski definition) is 3. The van der Waals surface area contributed by atoms with Gasteiger partial charge >= 0.3 is 17.8 Å². The summed E-state index contributed by atoms with van der Waals surface area (Å²) < 4.78 is 17.5. The first-order valence-electron chi connectivity index (χ1n) is 4.91. The highest BCUT2D eigenvalue weighted by atomic mass is 28.5. The topological polar surface area (TPSA) is 27.7 Å². The van der Waals surface area contributed by atoms with Gasteiger partial charge in [0.2, 0.25) is 0 Å². The van der Waals surface area contributed by atoms with E-state index in [0.717, 1.165) is 0 Å². The van der Waals surface area contributed by atoms with Crippen molar-refractivity contribution in [2.24, 2.45) is 0 Å². The summed E-state index contributed by atoms with van der Waals surface area (Å²) >= 11 is 0. The smallest absolute Gasteiger partial charge is 0.360 e. The van der Waals surface area contributed by atoms with E-state index in [4.69, 9.17) is 12.3 Å². The molecule has 0 aromatic rings. The zero-order valence-corrected chi connectivity index (χ0v) is 14.5. The molecule has 0 aromatic carbocycles. The van der Waals surface area contributed by atoms with E-state index in [9.17, 15) is 0 Å². The molecular formula is C7H22O3Si4. The van der Waals surface area contributed by atoms with Gasteiger partial charge in [0, 0.05) is 0 Å². The summed E-state index contributed by atoms with van der Waals surface area (Å²) in [7, 11) is -4.60. The van der Waals surface area contributed by atoms with Crippen molar-refractivity contribution in [3.63, 3.8) is 0 Å². The lowest BCUT2D eigenvalue weighted by molar-refractivity contribution is 0.362. The lowest BCUT2D eigenvalue weighted by Gasteiger charge is -2.28. The fourth-order valence-electron chi connectivity index (χ4n) is 1.21. The fourth-order valence-corrected chi connectivity index (χ4v) is 11.7. The second-order valence-corrected chi connectivity index (χ2v) is 14.4. The minimum absolute atomic E-state index is 0.656. The van der Waals surface area contributed by atoms with Crippen molar-refractivity contribution < 1.29 is 12.3 Å². The van der Waals surface area contributed by atoms with E-state index in [1.165, 1.54) is 0 Å². The van der Waals surface area contributed by atoms with Crippen molar-refractivity contribution in [2.45, 2.75) is 45.8 Å². The molecule has 0 fully saturated rings. The molecule has 0 saturated carbocycles. The van der Waals surface area contributed by atoms with E-state index in [2.05, 4.69) is 45.8 Å². The molecule has 2 radical (unpaired) electrons. The Kier molecular flexibility index (Phi) is 6.70. The summed E-state index contributed by atoms with van der Waals surface area (Å²) in [6, 6.07) is 0. The van der Waals surface area contributed by atoms with Crippen LogP contribution in [0.15, 0.2) is 0 Å². The normalized spacial score (nSPS) is 13.3. The Bertz CT molecular complexity index is 163. The Hall–Kier alpha value is 0.748. The predicted molar refractivity (Wildman–Crippen MR) is 68.7 cm³/mol. The third kappa shape index (κ3) is 8.09. The largest absolute Gasteiger partial charge is 0.439 e. The van der Waals surface area contributed by atoms with Crippen LogP contribution >= 0.6 is 0 Å². The van der Waals surface area contributed by atoms with Crippen LogP contribution in [0, 0.1) is 0 Å². The summed E-state index contributed by atoms with van der Waals surface area (Å²) in [5.41, 5.74) is 0. The lowest BCUT2D eigenvalue weighted by Crippen LogP contribution is -2.44. The van der Waals surface area contributed by atoms with Gasteiger partial charge in [-0.2, -0.15) is 0 Å². The Balaban J connectivity index is 3.94. The van der Waals surface area contributed by atoms with Crippen LogP contribution in [0.3, 0.4) is 0 Å². The molecule has 0 aromatic heterocycles. The highest BCUT2D eigenvalue weighted by molar-refractivity contribution is 6.78. The van der Waals surface area contributed by atoms with E-state index < -0.39 is 35.9 Å². The monoisotopic (exact) mass is 266 g/mol. The van der Waals surface area contributed by atoms with Gasteiger partial charge in [-0.15, -0.1) is 0 Å². The zero-order chi connectivity index (χ0) is 11.4. The Morgan fingerprint density at radius 1 is 1.00 bits per heavy atom. The maximum Gasteiger partial charge on any atom is 0.360 e. The standard InChI is InChI=1S/C7H22O3Si4/c1-11(2)8-13(5)10-14(6,7)9-12(3)4/h11H,1-7H3. The van der Waals surface area contributed by atoms with Gasteiger partial charge in [-0.25, -0.2) is 0 Å². The summed E-state index contributed by atoms with van der Waals surface area (Å²) in [6.45, 7) is 14.9. The molecule has 0 N–H and O–H groups in total. The average Bonchev–Trinajstić information content (AvgIpc) is 1.77. The molecule has 0 rings (SSSR count). The minimum atomic E-state index is -1.91.